The molecule has 1 aliphatic carbocycles. The molecule has 69 heavy (non-hydrogen) atoms. The Morgan fingerprint density at radius 1 is 0.522 bits per heavy atom. The van der Waals surface area contributed by atoms with Crippen molar-refractivity contribution in [3.05, 3.63) is 238 Å². The second-order valence-electron chi connectivity index (χ2n) is 20.2. The van der Waals surface area contributed by atoms with Crippen LogP contribution in [0.1, 0.15) is 93.2 Å². The molecule has 0 aromatic heterocycles. The summed E-state index contributed by atoms with van der Waals surface area (Å²) >= 11 is 0. The van der Waals surface area contributed by atoms with Gasteiger partial charge in [0.2, 0.25) is 11.8 Å². The van der Waals surface area contributed by atoms with E-state index in [-0.39, 0.29) is 25.9 Å². The summed E-state index contributed by atoms with van der Waals surface area (Å²) in [4.78, 5) is 31.9. The molecule has 4 N–H and O–H groups in total. The lowest BCUT2D eigenvalue weighted by Crippen LogP contribution is -2.61. The number of fused-ring (bicyclic) bond motifs is 2. The van der Waals surface area contributed by atoms with Crippen molar-refractivity contribution < 1.29 is 19.8 Å². The van der Waals surface area contributed by atoms with Crippen molar-refractivity contribution in [2.24, 2.45) is 11.1 Å². The molecule has 0 radical (unpaired) electrons. The van der Waals surface area contributed by atoms with Gasteiger partial charge in [-0.3, -0.25) is 9.59 Å². The first-order valence-electron chi connectivity index (χ1n) is 24.5. The zero-order valence-electron chi connectivity index (χ0n) is 40.4. The van der Waals surface area contributed by atoms with E-state index in [4.69, 9.17) is 5.73 Å². The second kappa shape index (κ2) is 19.6. The number of benzene rings is 8. The molecule has 0 aliphatic heterocycles. The Hall–Kier alpha value is -6.86. The molecule has 8 aromatic rings. The van der Waals surface area contributed by atoms with Crippen LogP contribution >= 0.6 is 0 Å². The van der Waals surface area contributed by atoms with Gasteiger partial charge < -0.3 is 20.8 Å². The Balaban J connectivity index is 1.32. The Morgan fingerprint density at radius 3 is 1.30 bits per heavy atom. The molecule has 9 rings (SSSR count). The summed E-state index contributed by atoms with van der Waals surface area (Å²) in [6, 6.07) is 61.8. The van der Waals surface area contributed by atoms with E-state index in [0.29, 0.717) is 25.7 Å². The van der Waals surface area contributed by atoms with Crippen molar-refractivity contribution in [1.29, 1.82) is 0 Å². The third-order valence-electron chi connectivity index (χ3n) is 14.8. The summed E-state index contributed by atoms with van der Waals surface area (Å²) in [6.45, 7) is 7.76. The molecule has 8 aromatic carbocycles. The standard InChI is InChI=1S/C63H64N2O4/c1-43-17-11-21-47(35-43)39-62(68,57(51-27-13-19-45(3)37-51)55-31-15-25-49-23-5-7-29-53(49)55)41-65(60(67)61(59(64)66)33-9-10-34-61)42-63(69,40-48-22-12-18-44(2)36-48)58(52-28-14-20-46(4)38-52)56-32-16-26-50-24-6-8-30-54(50)56/h5-8,11-32,35-38,57-58,68-69H,9-10,33-34,39-42H2,1-4H3,(H2,64,66). The van der Waals surface area contributed by atoms with Crippen molar-refractivity contribution in [1.82, 2.24) is 4.90 Å². The van der Waals surface area contributed by atoms with Gasteiger partial charge in [0.15, 0.2) is 0 Å². The van der Waals surface area contributed by atoms with Crippen LogP contribution in [0.5, 0.6) is 0 Å². The molecular weight excluding hydrogens is 849 g/mol. The number of aryl methyl sites for hydroxylation is 4. The number of hydrogen-bond donors (Lipinski definition) is 3. The normalized spacial score (nSPS) is 16.1. The molecule has 350 valence electrons. The van der Waals surface area contributed by atoms with Crippen LogP contribution in [0, 0.1) is 33.1 Å². The van der Waals surface area contributed by atoms with Crippen LogP contribution in [-0.2, 0) is 22.4 Å². The molecule has 0 heterocycles. The molecule has 2 amide bonds. The minimum absolute atomic E-state index is 0.158. The summed E-state index contributed by atoms with van der Waals surface area (Å²) in [5.74, 6) is -2.49. The van der Waals surface area contributed by atoms with E-state index in [1.807, 2.05) is 98.8 Å². The minimum atomic E-state index is -1.72. The number of carbonyl (C=O) groups excluding carboxylic acids is 2. The van der Waals surface area contributed by atoms with E-state index in [1.54, 1.807) is 4.90 Å². The monoisotopic (exact) mass is 912 g/mol. The molecule has 0 saturated heterocycles. The Kier molecular flexibility index (Phi) is 13.4. The first-order valence-corrected chi connectivity index (χ1v) is 24.5. The fourth-order valence-corrected chi connectivity index (χ4v) is 11.8. The molecule has 1 fully saturated rings. The molecular formula is C63H64N2O4. The number of aliphatic hydroxyl groups is 2. The fourth-order valence-electron chi connectivity index (χ4n) is 11.8. The highest BCUT2D eigenvalue weighted by molar-refractivity contribution is 6.04. The van der Waals surface area contributed by atoms with Gasteiger partial charge >= 0.3 is 0 Å². The maximum absolute atomic E-state index is 16.2. The lowest BCUT2D eigenvalue weighted by molar-refractivity contribution is -0.156. The van der Waals surface area contributed by atoms with Gasteiger partial charge in [0.1, 0.15) is 5.41 Å². The van der Waals surface area contributed by atoms with E-state index < -0.39 is 40.3 Å². The smallest absolute Gasteiger partial charge is 0.238 e. The quantitative estimate of drug-likeness (QED) is 0.0840. The zero-order chi connectivity index (χ0) is 48.3. The Morgan fingerprint density at radius 2 is 0.899 bits per heavy atom. The third-order valence-corrected chi connectivity index (χ3v) is 14.8. The van der Waals surface area contributed by atoms with Crippen molar-refractivity contribution in [2.75, 3.05) is 13.1 Å². The summed E-state index contributed by atoms with van der Waals surface area (Å²) in [5, 5.41) is 32.9. The minimum Gasteiger partial charge on any atom is -0.387 e. The topological polar surface area (TPSA) is 104 Å². The molecule has 6 nitrogen and oxygen atoms in total. The van der Waals surface area contributed by atoms with Gasteiger partial charge in [0.05, 0.1) is 24.3 Å². The van der Waals surface area contributed by atoms with Crippen molar-refractivity contribution in [2.45, 2.75) is 89.3 Å². The number of nitrogens with zero attached hydrogens (tertiary/aromatic N) is 1. The van der Waals surface area contributed by atoms with Crippen molar-refractivity contribution in [3.63, 3.8) is 0 Å². The van der Waals surface area contributed by atoms with E-state index in [9.17, 15) is 15.0 Å². The van der Waals surface area contributed by atoms with Crippen molar-refractivity contribution in [3.8, 4) is 0 Å². The van der Waals surface area contributed by atoms with Gasteiger partial charge in [0, 0.05) is 24.7 Å². The van der Waals surface area contributed by atoms with Crippen LogP contribution in [0.2, 0.25) is 0 Å². The van der Waals surface area contributed by atoms with E-state index in [2.05, 4.69) is 111 Å². The van der Waals surface area contributed by atoms with Gasteiger partial charge in [-0.2, -0.15) is 0 Å². The van der Waals surface area contributed by atoms with E-state index in [0.717, 1.165) is 77.2 Å². The summed E-state index contributed by atoms with van der Waals surface area (Å²) < 4.78 is 0. The maximum atomic E-state index is 16.2. The first-order chi connectivity index (χ1) is 33.2. The summed E-state index contributed by atoms with van der Waals surface area (Å²) in [5.41, 5.74) is 11.0. The van der Waals surface area contributed by atoms with Gasteiger partial charge in [-0.15, -0.1) is 0 Å². The summed E-state index contributed by atoms with van der Waals surface area (Å²) in [6.07, 6.45) is 2.22. The molecule has 0 bridgehead atoms. The van der Waals surface area contributed by atoms with Crippen LogP contribution in [0.15, 0.2) is 182 Å². The maximum Gasteiger partial charge on any atom is 0.238 e. The molecule has 1 aliphatic rings. The first kappa shape index (κ1) is 47.2. The van der Waals surface area contributed by atoms with Gasteiger partial charge in [-0.1, -0.05) is 217 Å². The number of amides is 2. The highest BCUT2D eigenvalue weighted by Gasteiger charge is 2.53. The average molecular weight is 913 g/mol. The van der Waals surface area contributed by atoms with Crippen LogP contribution in [0.25, 0.3) is 21.5 Å². The number of rotatable bonds is 16. The Labute approximate surface area is 407 Å². The van der Waals surface area contributed by atoms with Crippen molar-refractivity contribution >= 4 is 33.4 Å². The second-order valence-corrected chi connectivity index (χ2v) is 20.2. The molecule has 4 atom stereocenters. The van der Waals surface area contributed by atoms with Crippen LogP contribution < -0.4 is 5.73 Å². The predicted octanol–water partition coefficient (Wildman–Crippen LogP) is 12.0. The SMILES string of the molecule is Cc1cccc(CC(O)(CN(CC(O)(Cc2cccc(C)c2)C(c2cccc(C)c2)c2cccc3ccccc23)C(=O)C2(C(N)=O)CCCC2)C(c2cccc(C)c2)c2cccc3ccccc23)c1. The number of carbonyl (C=O) groups is 2. The lowest BCUT2D eigenvalue weighted by atomic mass is 9.70. The number of nitrogens with two attached hydrogens (primary N) is 1. The highest BCUT2D eigenvalue weighted by Crippen LogP contribution is 2.47. The van der Waals surface area contributed by atoms with Gasteiger partial charge in [-0.25, -0.2) is 0 Å². The Bertz CT molecular complexity index is 2950. The van der Waals surface area contributed by atoms with Crippen LogP contribution in [0.4, 0.5) is 0 Å². The molecule has 4 unspecified atom stereocenters. The van der Waals surface area contributed by atoms with Crippen LogP contribution in [0.3, 0.4) is 0 Å². The predicted molar refractivity (Wildman–Crippen MR) is 280 cm³/mol. The van der Waals surface area contributed by atoms with Crippen LogP contribution in [-0.4, -0.2) is 51.2 Å². The molecule has 0 spiro atoms. The van der Waals surface area contributed by atoms with Gasteiger partial charge in [-0.05, 0) is 95.5 Å². The summed E-state index contributed by atoms with van der Waals surface area (Å²) in [7, 11) is 0. The molecule has 1 saturated carbocycles. The lowest BCUT2D eigenvalue weighted by Gasteiger charge is -2.47. The number of hydrogen-bond acceptors (Lipinski definition) is 4. The van der Waals surface area contributed by atoms with E-state index in [1.165, 1.54) is 0 Å². The number of primary amides is 1. The van der Waals surface area contributed by atoms with E-state index >= 15 is 4.79 Å². The third kappa shape index (κ3) is 9.74. The zero-order valence-corrected chi connectivity index (χ0v) is 40.4. The largest absolute Gasteiger partial charge is 0.387 e. The molecule has 6 heteroatoms. The van der Waals surface area contributed by atoms with Gasteiger partial charge in [0.25, 0.3) is 0 Å². The fraction of sp³-hybridized carbons (Fsp3) is 0.270. The average Bonchev–Trinajstić information content (AvgIpc) is 3.84. The highest BCUT2D eigenvalue weighted by atomic mass is 16.3.